The standard InChI is InChI=1S/C16H13BrN2O2/c17-14-8-12(18)6-5-11(14)9-19-15(20)7-10-3-1-2-4-13(10)16(19)21/h1-6,8H,7,9,18H2. The lowest BCUT2D eigenvalue weighted by Crippen LogP contribution is -2.41. The van der Waals surface area contributed by atoms with Gasteiger partial charge in [-0.05, 0) is 29.3 Å². The summed E-state index contributed by atoms with van der Waals surface area (Å²) in [7, 11) is 0. The van der Waals surface area contributed by atoms with E-state index in [1.54, 1.807) is 18.2 Å². The number of carbonyl (C=O) groups is 2. The molecule has 0 bridgehead atoms. The molecule has 1 aliphatic heterocycles. The average molecular weight is 345 g/mol. The minimum atomic E-state index is -0.245. The van der Waals surface area contributed by atoms with Crippen LogP contribution in [0.15, 0.2) is 46.9 Å². The van der Waals surface area contributed by atoms with E-state index in [2.05, 4.69) is 15.9 Å². The predicted molar refractivity (Wildman–Crippen MR) is 83.6 cm³/mol. The zero-order valence-electron chi connectivity index (χ0n) is 11.2. The van der Waals surface area contributed by atoms with E-state index < -0.39 is 0 Å². The largest absolute Gasteiger partial charge is 0.399 e. The van der Waals surface area contributed by atoms with E-state index >= 15 is 0 Å². The lowest BCUT2D eigenvalue weighted by Gasteiger charge is -2.27. The Balaban J connectivity index is 1.93. The lowest BCUT2D eigenvalue weighted by molar-refractivity contribution is -0.128. The molecule has 0 unspecified atom stereocenters. The molecule has 0 aromatic heterocycles. The third-order valence-electron chi connectivity index (χ3n) is 3.54. The molecule has 2 amide bonds. The van der Waals surface area contributed by atoms with Crippen LogP contribution in [0, 0.1) is 0 Å². The topological polar surface area (TPSA) is 63.4 Å². The van der Waals surface area contributed by atoms with Gasteiger partial charge in [-0.2, -0.15) is 0 Å². The number of carbonyl (C=O) groups excluding carboxylic acids is 2. The molecule has 2 N–H and O–H groups in total. The minimum Gasteiger partial charge on any atom is -0.399 e. The fraction of sp³-hybridized carbons (Fsp3) is 0.125. The number of anilines is 1. The van der Waals surface area contributed by atoms with Gasteiger partial charge in [0.2, 0.25) is 5.91 Å². The first kappa shape index (κ1) is 13.8. The highest BCUT2D eigenvalue weighted by atomic mass is 79.9. The molecule has 2 aromatic rings. The number of rotatable bonds is 2. The van der Waals surface area contributed by atoms with Crippen molar-refractivity contribution in [1.29, 1.82) is 0 Å². The number of nitrogens with zero attached hydrogens (tertiary/aromatic N) is 1. The molecule has 0 spiro atoms. The maximum atomic E-state index is 12.5. The van der Waals surface area contributed by atoms with Crippen molar-refractivity contribution in [2.75, 3.05) is 5.73 Å². The number of nitrogens with two attached hydrogens (primary N) is 1. The van der Waals surface area contributed by atoms with Crippen molar-refractivity contribution >= 4 is 33.4 Å². The average Bonchev–Trinajstić information content (AvgIpc) is 2.45. The molecule has 1 aliphatic rings. The molecule has 106 valence electrons. The van der Waals surface area contributed by atoms with Gasteiger partial charge in [-0.15, -0.1) is 0 Å². The van der Waals surface area contributed by atoms with Crippen LogP contribution in [0.25, 0.3) is 0 Å². The summed E-state index contributed by atoms with van der Waals surface area (Å²) in [5.41, 5.74) is 8.58. The van der Waals surface area contributed by atoms with Crippen LogP contribution < -0.4 is 5.73 Å². The van der Waals surface area contributed by atoms with Gasteiger partial charge >= 0.3 is 0 Å². The smallest absolute Gasteiger partial charge is 0.261 e. The molecule has 5 heteroatoms. The van der Waals surface area contributed by atoms with Gasteiger partial charge in [0, 0.05) is 15.7 Å². The number of nitrogen functional groups attached to an aromatic ring is 1. The van der Waals surface area contributed by atoms with Crippen LogP contribution in [-0.4, -0.2) is 16.7 Å². The van der Waals surface area contributed by atoms with Gasteiger partial charge in [0.05, 0.1) is 13.0 Å². The van der Waals surface area contributed by atoms with Crippen LogP contribution in [0.1, 0.15) is 21.5 Å². The number of amides is 2. The van der Waals surface area contributed by atoms with Crippen molar-refractivity contribution in [1.82, 2.24) is 4.90 Å². The van der Waals surface area contributed by atoms with Crippen LogP contribution >= 0.6 is 15.9 Å². The van der Waals surface area contributed by atoms with E-state index in [4.69, 9.17) is 5.73 Å². The number of imide groups is 1. The van der Waals surface area contributed by atoms with Gasteiger partial charge in [-0.3, -0.25) is 14.5 Å². The van der Waals surface area contributed by atoms with Gasteiger partial charge in [0.15, 0.2) is 0 Å². The Labute approximate surface area is 130 Å². The van der Waals surface area contributed by atoms with Crippen molar-refractivity contribution < 1.29 is 9.59 Å². The number of fused-ring (bicyclic) bond motifs is 1. The summed E-state index contributed by atoms with van der Waals surface area (Å²) in [6.45, 7) is 0.243. The number of hydrogen-bond acceptors (Lipinski definition) is 3. The maximum Gasteiger partial charge on any atom is 0.261 e. The molecule has 0 atom stereocenters. The van der Waals surface area contributed by atoms with Crippen molar-refractivity contribution in [3.63, 3.8) is 0 Å². The highest BCUT2D eigenvalue weighted by Crippen LogP contribution is 2.25. The van der Waals surface area contributed by atoms with Crippen molar-refractivity contribution in [3.05, 3.63) is 63.6 Å². The summed E-state index contributed by atoms with van der Waals surface area (Å²) in [4.78, 5) is 26.0. The van der Waals surface area contributed by atoms with Crippen LogP contribution in [0.3, 0.4) is 0 Å². The van der Waals surface area contributed by atoms with E-state index in [1.165, 1.54) is 4.90 Å². The Morgan fingerprint density at radius 1 is 1.14 bits per heavy atom. The van der Waals surface area contributed by atoms with Gasteiger partial charge in [0.25, 0.3) is 5.91 Å². The second-order valence-corrected chi connectivity index (χ2v) is 5.82. The fourth-order valence-electron chi connectivity index (χ4n) is 2.42. The van der Waals surface area contributed by atoms with Crippen LogP contribution in [0.4, 0.5) is 5.69 Å². The fourth-order valence-corrected chi connectivity index (χ4v) is 2.94. The molecule has 3 rings (SSSR count). The summed E-state index contributed by atoms with van der Waals surface area (Å²) in [5, 5.41) is 0. The van der Waals surface area contributed by atoms with E-state index in [-0.39, 0.29) is 24.8 Å². The second-order valence-electron chi connectivity index (χ2n) is 4.97. The van der Waals surface area contributed by atoms with E-state index in [0.717, 1.165) is 15.6 Å². The number of hydrogen-bond donors (Lipinski definition) is 1. The molecule has 0 saturated carbocycles. The predicted octanol–water partition coefficient (Wildman–Crippen LogP) is 2.76. The molecule has 0 saturated heterocycles. The first-order valence-corrected chi connectivity index (χ1v) is 7.32. The lowest BCUT2D eigenvalue weighted by atomic mass is 9.98. The Hall–Kier alpha value is -2.14. The second kappa shape index (κ2) is 5.33. The SMILES string of the molecule is Nc1ccc(CN2C(=O)Cc3ccccc3C2=O)c(Br)c1. The van der Waals surface area contributed by atoms with Gasteiger partial charge in [0.1, 0.15) is 0 Å². The highest BCUT2D eigenvalue weighted by Gasteiger charge is 2.30. The summed E-state index contributed by atoms with van der Waals surface area (Å²) in [6, 6.07) is 12.6. The highest BCUT2D eigenvalue weighted by molar-refractivity contribution is 9.10. The molecule has 1 heterocycles. The van der Waals surface area contributed by atoms with Crippen LogP contribution in [0.5, 0.6) is 0 Å². The molecule has 21 heavy (non-hydrogen) atoms. The molecule has 0 aliphatic carbocycles. The van der Waals surface area contributed by atoms with E-state index in [1.807, 2.05) is 24.3 Å². The molecule has 0 fully saturated rings. The Kier molecular flexibility index (Phi) is 3.51. The maximum absolute atomic E-state index is 12.5. The molecule has 2 aromatic carbocycles. The third-order valence-corrected chi connectivity index (χ3v) is 4.28. The van der Waals surface area contributed by atoms with Crippen LogP contribution in [0.2, 0.25) is 0 Å². The molecule has 0 radical (unpaired) electrons. The summed E-state index contributed by atoms with van der Waals surface area (Å²) < 4.78 is 0.793. The van der Waals surface area contributed by atoms with Gasteiger partial charge in [-0.1, -0.05) is 40.2 Å². The zero-order chi connectivity index (χ0) is 15.0. The van der Waals surface area contributed by atoms with Crippen molar-refractivity contribution in [2.24, 2.45) is 0 Å². The monoisotopic (exact) mass is 344 g/mol. The summed E-state index contributed by atoms with van der Waals surface area (Å²) >= 11 is 3.42. The van der Waals surface area contributed by atoms with Gasteiger partial charge in [-0.25, -0.2) is 0 Å². The zero-order valence-corrected chi connectivity index (χ0v) is 12.8. The third kappa shape index (κ3) is 2.56. The normalized spacial score (nSPS) is 14.2. The number of halogens is 1. The van der Waals surface area contributed by atoms with Crippen molar-refractivity contribution in [2.45, 2.75) is 13.0 Å². The van der Waals surface area contributed by atoms with Crippen LogP contribution in [-0.2, 0) is 17.8 Å². The molecular formula is C16H13BrN2O2. The molecule has 4 nitrogen and oxygen atoms in total. The van der Waals surface area contributed by atoms with E-state index in [0.29, 0.717) is 11.3 Å². The first-order valence-electron chi connectivity index (χ1n) is 6.53. The van der Waals surface area contributed by atoms with Crippen molar-refractivity contribution in [3.8, 4) is 0 Å². The quantitative estimate of drug-likeness (QED) is 0.672. The molecular weight excluding hydrogens is 332 g/mol. The summed E-state index contributed by atoms with van der Waals surface area (Å²) in [6.07, 6.45) is 0.258. The first-order chi connectivity index (χ1) is 10.1. The van der Waals surface area contributed by atoms with E-state index in [9.17, 15) is 9.59 Å². The Morgan fingerprint density at radius 3 is 2.67 bits per heavy atom. The summed E-state index contributed by atoms with van der Waals surface area (Å²) in [5.74, 6) is -0.423. The minimum absolute atomic E-state index is 0.178. The Morgan fingerprint density at radius 2 is 1.90 bits per heavy atom. The Bertz CT molecular complexity index is 743. The van der Waals surface area contributed by atoms with Gasteiger partial charge < -0.3 is 5.73 Å². The number of benzene rings is 2.